The summed E-state index contributed by atoms with van der Waals surface area (Å²) in [5.41, 5.74) is 0.151. The van der Waals surface area contributed by atoms with Crippen LogP contribution in [0.15, 0.2) is 45.6 Å². The number of carbonyl (C=O) groups excluding carboxylic acids is 1. The van der Waals surface area contributed by atoms with Crippen molar-refractivity contribution in [1.82, 2.24) is 15.0 Å². The number of hydrogen-bond acceptors (Lipinski definition) is 5. The van der Waals surface area contributed by atoms with Gasteiger partial charge in [-0.05, 0) is 29.6 Å². The lowest BCUT2D eigenvalue weighted by molar-refractivity contribution is -0.137. The monoisotopic (exact) mass is 394 g/mol. The number of hydrogen-bond donors (Lipinski definition) is 1. The molecular formula is C17H13F3N4O2S. The van der Waals surface area contributed by atoms with Crippen LogP contribution in [-0.2, 0) is 6.18 Å². The SMILES string of the molecule is O=C(Nc1cccc(C(F)(F)F)c1)N1CC(c2nc(-c3ccsc3)no2)C1. The van der Waals surface area contributed by atoms with Gasteiger partial charge in [0.15, 0.2) is 0 Å². The van der Waals surface area contributed by atoms with E-state index >= 15 is 0 Å². The predicted octanol–water partition coefficient (Wildman–Crippen LogP) is 4.45. The van der Waals surface area contributed by atoms with Gasteiger partial charge < -0.3 is 14.7 Å². The first-order valence-electron chi connectivity index (χ1n) is 7.99. The van der Waals surface area contributed by atoms with Crippen molar-refractivity contribution >= 4 is 23.1 Å². The van der Waals surface area contributed by atoms with Gasteiger partial charge in [-0.1, -0.05) is 11.2 Å². The molecule has 3 heterocycles. The maximum atomic E-state index is 12.7. The average Bonchev–Trinajstić information content (AvgIpc) is 3.24. The molecule has 1 fully saturated rings. The van der Waals surface area contributed by atoms with Crippen LogP contribution in [0.2, 0.25) is 0 Å². The van der Waals surface area contributed by atoms with Crippen molar-refractivity contribution in [3.63, 3.8) is 0 Å². The third-order valence-corrected chi connectivity index (χ3v) is 4.86. The molecule has 140 valence electrons. The van der Waals surface area contributed by atoms with Crippen molar-refractivity contribution in [3.05, 3.63) is 52.5 Å². The number of nitrogens with zero attached hydrogens (tertiary/aromatic N) is 3. The highest BCUT2D eigenvalue weighted by Crippen LogP contribution is 2.32. The van der Waals surface area contributed by atoms with Gasteiger partial charge in [0.2, 0.25) is 11.7 Å². The summed E-state index contributed by atoms with van der Waals surface area (Å²) in [5, 5.41) is 10.2. The topological polar surface area (TPSA) is 71.3 Å². The minimum absolute atomic E-state index is 0.0860. The lowest BCUT2D eigenvalue weighted by atomic mass is 10.0. The van der Waals surface area contributed by atoms with E-state index in [-0.39, 0.29) is 11.6 Å². The van der Waals surface area contributed by atoms with Crippen LogP contribution in [-0.4, -0.2) is 34.2 Å². The van der Waals surface area contributed by atoms with Crippen molar-refractivity contribution in [1.29, 1.82) is 0 Å². The Morgan fingerprint density at radius 1 is 1.30 bits per heavy atom. The van der Waals surface area contributed by atoms with Gasteiger partial charge in [-0.2, -0.15) is 29.5 Å². The van der Waals surface area contributed by atoms with Crippen molar-refractivity contribution in [3.8, 4) is 11.4 Å². The van der Waals surface area contributed by atoms with Crippen molar-refractivity contribution < 1.29 is 22.5 Å². The molecule has 1 aromatic carbocycles. The fraction of sp³-hybridized carbons (Fsp3) is 0.235. The maximum absolute atomic E-state index is 12.7. The molecular weight excluding hydrogens is 381 g/mol. The Bertz CT molecular complexity index is 949. The Kier molecular flexibility index (Phi) is 4.34. The van der Waals surface area contributed by atoms with Crippen LogP contribution in [0.3, 0.4) is 0 Å². The second-order valence-corrected chi connectivity index (χ2v) is 6.86. The van der Waals surface area contributed by atoms with E-state index in [9.17, 15) is 18.0 Å². The highest BCUT2D eigenvalue weighted by Gasteiger charge is 2.36. The standard InChI is InChI=1S/C17H13F3N4O2S/c18-17(19,20)12-2-1-3-13(6-12)21-16(25)24-7-11(8-24)15-22-14(23-26-15)10-4-5-27-9-10/h1-6,9,11H,7-8H2,(H,21,25). The molecule has 0 saturated carbocycles. The summed E-state index contributed by atoms with van der Waals surface area (Å²) in [4.78, 5) is 18.0. The number of carbonyl (C=O) groups is 1. The summed E-state index contributed by atoms with van der Waals surface area (Å²) < 4.78 is 43.5. The molecule has 1 N–H and O–H groups in total. The molecule has 3 aromatic rings. The van der Waals surface area contributed by atoms with E-state index < -0.39 is 17.8 Å². The van der Waals surface area contributed by atoms with Gasteiger partial charge in [0, 0.05) is 29.7 Å². The van der Waals surface area contributed by atoms with Gasteiger partial charge in [-0.25, -0.2) is 4.79 Å². The van der Waals surface area contributed by atoms with Crippen molar-refractivity contribution in [2.24, 2.45) is 0 Å². The summed E-state index contributed by atoms with van der Waals surface area (Å²) in [7, 11) is 0. The smallest absolute Gasteiger partial charge is 0.339 e. The molecule has 27 heavy (non-hydrogen) atoms. The van der Waals surface area contributed by atoms with Gasteiger partial charge in [0.1, 0.15) is 0 Å². The van der Waals surface area contributed by atoms with E-state index in [1.165, 1.54) is 28.4 Å². The Balaban J connectivity index is 1.35. The third-order valence-electron chi connectivity index (χ3n) is 4.18. The number of halogens is 3. The average molecular weight is 394 g/mol. The Morgan fingerprint density at radius 2 is 2.11 bits per heavy atom. The van der Waals surface area contributed by atoms with Crippen LogP contribution in [0.1, 0.15) is 17.4 Å². The second kappa shape index (κ2) is 6.69. The lowest BCUT2D eigenvalue weighted by Crippen LogP contribution is -2.50. The number of anilines is 1. The number of rotatable bonds is 3. The van der Waals surface area contributed by atoms with Gasteiger partial charge in [0.25, 0.3) is 0 Å². The van der Waals surface area contributed by atoms with Crippen LogP contribution < -0.4 is 5.32 Å². The quantitative estimate of drug-likeness (QED) is 0.713. The minimum Gasteiger partial charge on any atom is -0.339 e. The minimum atomic E-state index is -4.46. The van der Waals surface area contributed by atoms with Gasteiger partial charge in [-0.15, -0.1) is 0 Å². The molecule has 4 rings (SSSR count). The summed E-state index contributed by atoms with van der Waals surface area (Å²) >= 11 is 1.53. The van der Waals surface area contributed by atoms with Gasteiger partial charge in [-0.3, -0.25) is 0 Å². The third kappa shape index (κ3) is 3.65. The van der Waals surface area contributed by atoms with E-state index in [0.717, 1.165) is 17.7 Å². The fourth-order valence-corrected chi connectivity index (χ4v) is 3.32. The molecule has 0 bridgehead atoms. The van der Waals surface area contributed by atoms with Crippen LogP contribution in [0.25, 0.3) is 11.4 Å². The lowest BCUT2D eigenvalue weighted by Gasteiger charge is -2.36. The fourth-order valence-electron chi connectivity index (χ4n) is 2.69. The molecule has 0 aliphatic carbocycles. The van der Waals surface area contributed by atoms with Crippen LogP contribution >= 0.6 is 11.3 Å². The molecule has 0 radical (unpaired) electrons. The van der Waals surface area contributed by atoms with Crippen molar-refractivity contribution in [2.75, 3.05) is 18.4 Å². The number of urea groups is 1. The zero-order valence-electron chi connectivity index (χ0n) is 13.7. The second-order valence-electron chi connectivity index (χ2n) is 6.08. The summed E-state index contributed by atoms with van der Waals surface area (Å²) in [5.74, 6) is 0.856. The summed E-state index contributed by atoms with van der Waals surface area (Å²) in [6.07, 6.45) is -4.46. The van der Waals surface area contributed by atoms with Crippen LogP contribution in [0, 0.1) is 0 Å². The molecule has 10 heteroatoms. The number of aromatic nitrogens is 2. The first-order valence-corrected chi connectivity index (χ1v) is 8.94. The largest absolute Gasteiger partial charge is 0.416 e. The van der Waals surface area contributed by atoms with E-state index in [2.05, 4.69) is 15.5 Å². The zero-order valence-corrected chi connectivity index (χ0v) is 14.5. The van der Waals surface area contributed by atoms with E-state index in [4.69, 9.17) is 4.52 Å². The molecule has 6 nitrogen and oxygen atoms in total. The molecule has 1 saturated heterocycles. The van der Waals surface area contributed by atoms with E-state index in [0.29, 0.717) is 24.8 Å². The zero-order chi connectivity index (χ0) is 19.0. The number of alkyl halides is 3. The first-order chi connectivity index (χ1) is 12.9. The molecule has 1 aliphatic heterocycles. The number of thiophene rings is 1. The molecule has 2 amide bonds. The Hall–Kier alpha value is -2.88. The summed E-state index contributed by atoms with van der Waals surface area (Å²) in [6.45, 7) is 0.714. The maximum Gasteiger partial charge on any atom is 0.416 e. The predicted molar refractivity (Wildman–Crippen MR) is 92.4 cm³/mol. The number of amides is 2. The van der Waals surface area contributed by atoms with E-state index in [1.807, 2.05) is 16.8 Å². The Morgan fingerprint density at radius 3 is 2.81 bits per heavy atom. The van der Waals surface area contributed by atoms with Crippen molar-refractivity contribution in [2.45, 2.75) is 12.1 Å². The molecule has 0 atom stereocenters. The molecule has 0 spiro atoms. The summed E-state index contributed by atoms with van der Waals surface area (Å²) in [6, 6.07) is 5.94. The molecule has 1 aliphatic rings. The molecule has 2 aromatic heterocycles. The highest BCUT2D eigenvalue weighted by molar-refractivity contribution is 7.08. The molecule has 0 unspecified atom stereocenters. The number of likely N-dealkylation sites (tertiary alicyclic amines) is 1. The first kappa shape index (κ1) is 17.5. The number of nitrogens with one attached hydrogen (secondary N) is 1. The number of benzene rings is 1. The van der Waals surface area contributed by atoms with Gasteiger partial charge >= 0.3 is 12.2 Å². The normalized spacial score (nSPS) is 14.9. The van der Waals surface area contributed by atoms with Gasteiger partial charge in [0.05, 0.1) is 11.5 Å². The Labute approximate surface area is 155 Å². The van der Waals surface area contributed by atoms with Crippen LogP contribution in [0.5, 0.6) is 0 Å². The highest BCUT2D eigenvalue weighted by atomic mass is 32.1. The van der Waals surface area contributed by atoms with E-state index in [1.54, 1.807) is 0 Å². The van der Waals surface area contributed by atoms with Crippen LogP contribution in [0.4, 0.5) is 23.7 Å².